The van der Waals surface area contributed by atoms with Crippen molar-refractivity contribution in [2.24, 2.45) is 0 Å². The zero-order valence-corrected chi connectivity index (χ0v) is 10.8. The molecule has 0 bridgehead atoms. The Morgan fingerprint density at radius 1 is 1.33 bits per heavy atom. The average Bonchev–Trinajstić information content (AvgIpc) is 2.20. The number of benzene rings is 1. The Balaban J connectivity index is 2.66. The average molecular weight is 266 g/mol. The van der Waals surface area contributed by atoms with E-state index in [-0.39, 0.29) is 0 Å². The molecule has 0 radical (unpaired) electrons. The van der Waals surface area contributed by atoms with Gasteiger partial charge in [-0.2, -0.15) is 0 Å². The van der Waals surface area contributed by atoms with E-state index in [9.17, 15) is 0 Å². The Morgan fingerprint density at radius 3 is 2.40 bits per heavy atom. The van der Waals surface area contributed by atoms with Crippen molar-refractivity contribution in [1.29, 1.82) is 0 Å². The summed E-state index contributed by atoms with van der Waals surface area (Å²) in [5.74, 6) is 2.70. The number of terminal acetylenes is 1. The summed E-state index contributed by atoms with van der Waals surface area (Å²) in [5.41, 5.74) is 1.29. The molecular formula is C13H16BrN. The second-order valence-electron chi connectivity index (χ2n) is 3.83. The minimum Gasteiger partial charge on any atom is -0.286 e. The summed E-state index contributed by atoms with van der Waals surface area (Å²) in [6.07, 6.45) is 5.35. The van der Waals surface area contributed by atoms with Crippen molar-refractivity contribution in [3.05, 3.63) is 34.3 Å². The number of halogens is 1. The van der Waals surface area contributed by atoms with Crippen molar-refractivity contribution in [1.82, 2.24) is 4.90 Å². The van der Waals surface area contributed by atoms with Gasteiger partial charge in [0.1, 0.15) is 0 Å². The van der Waals surface area contributed by atoms with Crippen LogP contribution in [0.3, 0.4) is 0 Å². The molecule has 1 aromatic carbocycles. The van der Waals surface area contributed by atoms with E-state index in [0.29, 0.717) is 12.6 Å². The van der Waals surface area contributed by atoms with Crippen LogP contribution in [0.25, 0.3) is 0 Å². The monoisotopic (exact) mass is 265 g/mol. The van der Waals surface area contributed by atoms with E-state index in [1.54, 1.807) is 0 Å². The highest BCUT2D eigenvalue weighted by molar-refractivity contribution is 9.10. The van der Waals surface area contributed by atoms with Crippen LogP contribution in [0, 0.1) is 12.3 Å². The van der Waals surface area contributed by atoms with Gasteiger partial charge in [0.2, 0.25) is 0 Å². The van der Waals surface area contributed by atoms with Gasteiger partial charge in [0, 0.05) is 17.1 Å². The molecule has 1 aromatic rings. The van der Waals surface area contributed by atoms with Gasteiger partial charge in [-0.05, 0) is 31.5 Å². The number of hydrogen-bond donors (Lipinski definition) is 0. The number of hydrogen-bond acceptors (Lipinski definition) is 1. The van der Waals surface area contributed by atoms with Gasteiger partial charge in [-0.25, -0.2) is 0 Å². The molecule has 0 aromatic heterocycles. The van der Waals surface area contributed by atoms with Crippen LogP contribution >= 0.6 is 15.9 Å². The Labute approximate surface area is 101 Å². The standard InChI is InChI=1S/C13H16BrN/c1-4-9-15(11(2)3)10-12-5-7-13(14)8-6-12/h1,5-8,11H,9-10H2,2-3H3. The molecule has 0 aliphatic heterocycles. The summed E-state index contributed by atoms with van der Waals surface area (Å²) in [4.78, 5) is 2.27. The van der Waals surface area contributed by atoms with Gasteiger partial charge < -0.3 is 0 Å². The van der Waals surface area contributed by atoms with Crippen LogP contribution in [0.4, 0.5) is 0 Å². The maximum Gasteiger partial charge on any atom is 0.0604 e. The molecule has 0 aliphatic rings. The third kappa shape index (κ3) is 4.07. The molecule has 1 rings (SSSR count). The summed E-state index contributed by atoms with van der Waals surface area (Å²) < 4.78 is 1.11. The van der Waals surface area contributed by atoms with Crippen molar-refractivity contribution in [2.45, 2.75) is 26.4 Å². The highest BCUT2D eigenvalue weighted by atomic mass is 79.9. The first-order valence-corrected chi connectivity index (χ1v) is 5.84. The van der Waals surface area contributed by atoms with Gasteiger partial charge in [-0.3, -0.25) is 4.90 Å². The molecule has 0 aliphatic carbocycles. The normalized spacial score (nSPS) is 10.7. The Hall–Kier alpha value is -0.780. The third-order valence-electron chi connectivity index (χ3n) is 2.32. The van der Waals surface area contributed by atoms with E-state index < -0.39 is 0 Å². The quantitative estimate of drug-likeness (QED) is 0.756. The third-order valence-corrected chi connectivity index (χ3v) is 2.85. The summed E-state index contributed by atoms with van der Waals surface area (Å²) >= 11 is 3.43. The number of rotatable bonds is 4. The molecule has 1 nitrogen and oxygen atoms in total. The minimum absolute atomic E-state index is 0.477. The minimum atomic E-state index is 0.477. The van der Waals surface area contributed by atoms with E-state index in [1.807, 2.05) is 0 Å². The highest BCUT2D eigenvalue weighted by Gasteiger charge is 2.08. The second-order valence-corrected chi connectivity index (χ2v) is 4.74. The highest BCUT2D eigenvalue weighted by Crippen LogP contribution is 2.13. The van der Waals surface area contributed by atoms with E-state index in [0.717, 1.165) is 11.0 Å². The van der Waals surface area contributed by atoms with Crippen molar-refractivity contribution < 1.29 is 0 Å². The Bertz CT molecular complexity index is 335. The lowest BCUT2D eigenvalue weighted by Crippen LogP contribution is -2.30. The lowest BCUT2D eigenvalue weighted by molar-refractivity contribution is 0.241. The zero-order chi connectivity index (χ0) is 11.3. The van der Waals surface area contributed by atoms with Crippen molar-refractivity contribution in [2.75, 3.05) is 6.54 Å². The molecule has 0 spiro atoms. The van der Waals surface area contributed by atoms with Gasteiger partial charge in [0.25, 0.3) is 0 Å². The van der Waals surface area contributed by atoms with E-state index >= 15 is 0 Å². The lowest BCUT2D eigenvalue weighted by atomic mass is 10.2. The van der Waals surface area contributed by atoms with Gasteiger partial charge >= 0.3 is 0 Å². The Morgan fingerprint density at radius 2 is 1.93 bits per heavy atom. The van der Waals surface area contributed by atoms with Gasteiger partial charge in [0.15, 0.2) is 0 Å². The second kappa shape index (κ2) is 5.95. The predicted molar refractivity (Wildman–Crippen MR) is 68.5 cm³/mol. The van der Waals surface area contributed by atoms with Crippen LogP contribution in [0.1, 0.15) is 19.4 Å². The molecular weight excluding hydrogens is 250 g/mol. The van der Waals surface area contributed by atoms with Crippen molar-refractivity contribution in [3.8, 4) is 12.3 Å². The first kappa shape index (κ1) is 12.3. The summed E-state index contributed by atoms with van der Waals surface area (Å²) in [7, 11) is 0. The van der Waals surface area contributed by atoms with Crippen LogP contribution in [0.5, 0.6) is 0 Å². The van der Waals surface area contributed by atoms with Gasteiger partial charge in [-0.1, -0.05) is 34.0 Å². The van der Waals surface area contributed by atoms with E-state index in [4.69, 9.17) is 6.42 Å². The predicted octanol–water partition coefficient (Wildman–Crippen LogP) is 3.29. The molecule has 0 amide bonds. The molecule has 0 saturated carbocycles. The van der Waals surface area contributed by atoms with Crippen LogP contribution in [-0.4, -0.2) is 17.5 Å². The molecule has 0 unspecified atom stereocenters. The summed E-state index contributed by atoms with van der Waals surface area (Å²) in [5, 5.41) is 0. The first-order valence-electron chi connectivity index (χ1n) is 5.05. The molecule has 0 saturated heterocycles. The summed E-state index contributed by atoms with van der Waals surface area (Å²) in [6.45, 7) is 5.94. The van der Waals surface area contributed by atoms with Gasteiger partial charge in [-0.15, -0.1) is 6.42 Å². The smallest absolute Gasteiger partial charge is 0.0604 e. The van der Waals surface area contributed by atoms with E-state index in [2.05, 4.69) is 64.9 Å². The first-order chi connectivity index (χ1) is 7.13. The lowest BCUT2D eigenvalue weighted by Gasteiger charge is -2.24. The largest absolute Gasteiger partial charge is 0.286 e. The van der Waals surface area contributed by atoms with Crippen LogP contribution < -0.4 is 0 Å². The zero-order valence-electron chi connectivity index (χ0n) is 9.20. The van der Waals surface area contributed by atoms with Crippen LogP contribution in [0.15, 0.2) is 28.7 Å². The Kier molecular flexibility index (Phi) is 4.87. The number of nitrogens with zero attached hydrogens (tertiary/aromatic N) is 1. The van der Waals surface area contributed by atoms with Crippen LogP contribution in [0.2, 0.25) is 0 Å². The van der Waals surface area contributed by atoms with Crippen molar-refractivity contribution in [3.63, 3.8) is 0 Å². The topological polar surface area (TPSA) is 3.24 Å². The maximum atomic E-state index is 5.35. The summed E-state index contributed by atoms with van der Waals surface area (Å²) in [6, 6.07) is 8.84. The fourth-order valence-electron chi connectivity index (χ4n) is 1.36. The maximum absolute atomic E-state index is 5.35. The molecule has 0 atom stereocenters. The van der Waals surface area contributed by atoms with E-state index in [1.165, 1.54) is 5.56 Å². The fourth-order valence-corrected chi connectivity index (χ4v) is 1.63. The van der Waals surface area contributed by atoms with Crippen molar-refractivity contribution >= 4 is 15.9 Å². The molecule has 2 heteroatoms. The SMILES string of the molecule is C#CCN(Cc1ccc(Br)cc1)C(C)C. The van der Waals surface area contributed by atoms with Crippen LogP contribution in [-0.2, 0) is 6.54 Å². The molecule has 0 N–H and O–H groups in total. The molecule has 80 valence electrons. The fraction of sp³-hybridized carbons (Fsp3) is 0.385. The molecule has 15 heavy (non-hydrogen) atoms. The molecule has 0 fully saturated rings. The van der Waals surface area contributed by atoms with Gasteiger partial charge in [0.05, 0.1) is 6.54 Å². The molecule has 0 heterocycles.